The standard InChI is InChI=1S/C30H31N5O5S2/c1-41(37,38)35(20-22-10-7-11-24(18-22)29(31)32)27(19-21-8-3-2-4-9-21)30(36)34-25-16-14-23(15-17-25)26-12-5-6-13-28(26)42(33,39)40/h2-18,27H,19-20H2,1H3,(H3,31,32)(H,34,36)(H2,33,39,40). The van der Waals surface area contributed by atoms with E-state index in [9.17, 15) is 21.6 Å². The summed E-state index contributed by atoms with van der Waals surface area (Å²) in [7, 11) is -7.86. The molecule has 4 aromatic carbocycles. The Hall–Kier alpha value is -4.36. The molecule has 0 spiro atoms. The summed E-state index contributed by atoms with van der Waals surface area (Å²) < 4.78 is 51.4. The van der Waals surface area contributed by atoms with E-state index in [2.05, 4.69) is 5.32 Å². The van der Waals surface area contributed by atoms with Crippen LogP contribution in [0.2, 0.25) is 0 Å². The Kier molecular flexibility index (Phi) is 9.22. The molecule has 0 radical (unpaired) electrons. The van der Waals surface area contributed by atoms with Gasteiger partial charge in [-0.15, -0.1) is 0 Å². The summed E-state index contributed by atoms with van der Waals surface area (Å²) in [6.07, 6.45) is 1.15. The van der Waals surface area contributed by atoms with Crippen LogP contribution in [0.1, 0.15) is 16.7 Å². The van der Waals surface area contributed by atoms with Crippen LogP contribution in [0.5, 0.6) is 0 Å². The van der Waals surface area contributed by atoms with E-state index < -0.39 is 32.0 Å². The highest BCUT2D eigenvalue weighted by Gasteiger charge is 2.33. The average molecular weight is 606 g/mol. The van der Waals surface area contributed by atoms with E-state index in [0.717, 1.165) is 16.1 Å². The number of nitrogen functional groups attached to an aromatic ring is 1. The fraction of sp³-hybridized carbons (Fsp3) is 0.133. The van der Waals surface area contributed by atoms with Crippen molar-refractivity contribution in [1.82, 2.24) is 4.31 Å². The van der Waals surface area contributed by atoms with Gasteiger partial charge in [-0.1, -0.05) is 78.9 Å². The van der Waals surface area contributed by atoms with E-state index in [1.165, 1.54) is 6.07 Å². The monoisotopic (exact) mass is 605 g/mol. The number of nitrogens with zero attached hydrogens (tertiary/aromatic N) is 1. The number of benzene rings is 4. The number of amides is 1. The third kappa shape index (κ3) is 7.68. The first kappa shape index (κ1) is 30.6. The van der Waals surface area contributed by atoms with Crippen molar-refractivity contribution in [3.63, 3.8) is 0 Å². The minimum atomic E-state index is -3.96. The second-order valence-corrected chi connectivity index (χ2v) is 13.2. The zero-order valence-electron chi connectivity index (χ0n) is 22.8. The number of primary sulfonamides is 1. The lowest BCUT2D eigenvalue weighted by Gasteiger charge is -2.29. The van der Waals surface area contributed by atoms with Crippen LogP contribution in [0.3, 0.4) is 0 Å². The summed E-state index contributed by atoms with van der Waals surface area (Å²) in [6.45, 7) is -0.117. The second kappa shape index (κ2) is 12.7. The van der Waals surface area contributed by atoms with Crippen molar-refractivity contribution in [3.8, 4) is 11.1 Å². The first-order valence-corrected chi connectivity index (χ1v) is 16.2. The maximum absolute atomic E-state index is 13.7. The molecular weight excluding hydrogens is 574 g/mol. The summed E-state index contributed by atoms with van der Waals surface area (Å²) in [4.78, 5) is 13.7. The van der Waals surface area contributed by atoms with Crippen molar-refractivity contribution in [3.05, 3.63) is 120 Å². The molecule has 0 saturated carbocycles. The highest BCUT2D eigenvalue weighted by molar-refractivity contribution is 7.89. The van der Waals surface area contributed by atoms with Crippen molar-refractivity contribution >= 4 is 37.5 Å². The molecular formula is C30H31N5O5S2. The number of anilines is 1. The van der Waals surface area contributed by atoms with Crippen molar-refractivity contribution in [1.29, 1.82) is 5.41 Å². The van der Waals surface area contributed by atoms with Gasteiger partial charge in [-0.2, -0.15) is 4.31 Å². The van der Waals surface area contributed by atoms with Gasteiger partial charge in [0.25, 0.3) is 0 Å². The van der Waals surface area contributed by atoms with E-state index >= 15 is 0 Å². The van der Waals surface area contributed by atoms with Crippen LogP contribution in [0.4, 0.5) is 5.69 Å². The lowest BCUT2D eigenvalue weighted by atomic mass is 10.0. The molecule has 218 valence electrons. The minimum Gasteiger partial charge on any atom is -0.384 e. The molecule has 1 atom stereocenters. The van der Waals surface area contributed by atoms with Crippen LogP contribution in [0.25, 0.3) is 11.1 Å². The molecule has 42 heavy (non-hydrogen) atoms. The fourth-order valence-corrected chi connectivity index (χ4v) is 6.33. The normalized spacial score (nSPS) is 12.5. The van der Waals surface area contributed by atoms with Gasteiger partial charge >= 0.3 is 0 Å². The number of hydrogen-bond donors (Lipinski definition) is 4. The third-order valence-corrected chi connectivity index (χ3v) is 8.79. The van der Waals surface area contributed by atoms with Gasteiger partial charge < -0.3 is 11.1 Å². The average Bonchev–Trinajstić information content (AvgIpc) is 2.95. The van der Waals surface area contributed by atoms with E-state index in [-0.39, 0.29) is 23.7 Å². The van der Waals surface area contributed by atoms with Crippen LogP contribution >= 0.6 is 0 Å². The summed E-state index contributed by atoms with van der Waals surface area (Å²) >= 11 is 0. The Morgan fingerprint density at radius 2 is 1.48 bits per heavy atom. The van der Waals surface area contributed by atoms with E-state index in [1.807, 2.05) is 30.3 Å². The lowest BCUT2D eigenvalue weighted by molar-refractivity contribution is -0.119. The molecule has 6 N–H and O–H groups in total. The maximum atomic E-state index is 13.7. The summed E-state index contributed by atoms with van der Waals surface area (Å²) in [6, 6.07) is 27.4. The van der Waals surface area contributed by atoms with Crippen molar-refractivity contribution in [2.75, 3.05) is 11.6 Å². The largest absolute Gasteiger partial charge is 0.384 e. The van der Waals surface area contributed by atoms with Crippen LogP contribution in [-0.4, -0.2) is 45.2 Å². The van der Waals surface area contributed by atoms with Crippen LogP contribution in [0, 0.1) is 5.41 Å². The summed E-state index contributed by atoms with van der Waals surface area (Å²) in [5.74, 6) is -0.707. The Morgan fingerprint density at radius 1 is 0.857 bits per heavy atom. The Morgan fingerprint density at radius 3 is 2.10 bits per heavy atom. The molecule has 1 unspecified atom stereocenters. The fourth-order valence-electron chi connectivity index (χ4n) is 4.55. The first-order valence-electron chi connectivity index (χ1n) is 12.8. The Bertz CT molecular complexity index is 1810. The maximum Gasteiger partial charge on any atom is 0.243 e. The van der Waals surface area contributed by atoms with Crippen molar-refractivity contribution < 1.29 is 21.6 Å². The predicted octanol–water partition coefficient (Wildman–Crippen LogP) is 3.30. The molecule has 0 saturated heterocycles. The number of nitrogens with one attached hydrogen (secondary N) is 2. The quantitative estimate of drug-likeness (QED) is 0.151. The SMILES string of the molecule is CS(=O)(=O)N(Cc1cccc(C(=N)N)c1)C(Cc1ccccc1)C(=O)Nc1ccc(-c2ccccc2S(N)(=O)=O)cc1. The highest BCUT2D eigenvalue weighted by Crippen LogP contribution is 2.28. The molecule has 12 heteroatoms. The van der Waals surface area contributed by atoms with Crippen molar-refractivity contribution in [2.45, 2.75) is 23.9 Å². The van der Waals surface area contributed by atoms with Gasteiger partial charge in [-0.3, -0.25) is 10.2 Å². The lowest BCUT2D eigenvalue weighted by Crippen LogP contribution is -2.47. The molecule has 0 aliphatic rings. The number of amidine groups is 1. The van der Waals surface area contributed by atoms with Crippen molar-refractivity contribution in [2.24, 2.45) is 10.9 Å². The molecule has 4 aromatic rings. The van der Waals surface area contributed by atoms with Gasteiger partial charge in [0.05, 0.1) is 11.2 Å². The molecule has 0 bridgehead atoms. The van der Waals surface area contributed by atoms with Gasteiger partial charge in [-0.25, -0.2) is 22.0 Å². The van der Waals surface area contributed by atoms with Crippen LogP contribution in [0.15, 0.2) is 108 Å². The van der Waals surface area contributed by atoms with Gasteiger partial charge in [0.15, 0.2) is 0 Å². The van der Waals surface area contributed by atoms with Crippen LogP contribution in [-0.2, 0) is 37.8 Å². The summed E-state index contributed by atoms with van der Waals surface area (Å²) in [5, 5.41) is 15.9. The van der Waals surface area contributed by atoms with Gasteiger partial charge in [0.1, 0.15) is 11.9 Å². The summed E-state index contributed by atoms with van der Waals surface area (Å²) in [5.41, 5.74) is 8.77. The highest BCUT2D eigenvalue weighted by atomic mass is 32.2. The number of carbonyl (C=O) groups excluding carboxylic acids is 1. The van der Waals surface area contributed by atoms with Crippen LogP contribution < -0.4 is 16.2 Å². The van der Waals surface area contributed by atoms with E-state index in [0.29, 0.717) is 27.9 Å². The third-order valence-electron chi connectivity index (χ3n) is 6.58. The topological polar surface area (TPSA) is 177 Å². The molecule has 0 aliphatic heterocycles. The number of nitrogens with two attached hydrogens (primary N) is 2. The number of carbonyl (C=O) groups is 1. The first-order chi connectivity index (χ1) is 19.8. The molecule has 0 fully saturated rings. The molecule has 1 amide bonds. The molecule has 0 heterocycles. The molecule has 0 aromatic heterocycles. The van der Waals surface area contributed by atoms with E-state index in [4.69, 9.17) is 16.3 Å². The number of rotatable bonds is 11. The van der Waals surface area contributed by atoms with E-state index in [1.54, 1.807) is 66.7 Å². The number of hydrogen-bond acceptors (Lipinski definition) is 6. The zero-order valence-corrected chi connectivity index (χ0v) is 24.4. The molecule has 0 aliphatic carbocycles. The van der Waals surface area contributed by atoms with Gasteiger partial charge in [0.2, 0.25) is 26.0 Å². The number of sulfonamides is 2. The molecule has 4 rings (SSSR count). The smallest absolute Gasteiger partial charge is 0.243 e. The predicted molar refractivity (Wildman–Crippen MR) is 164 cm³/mol. The molecule has 10 nitrogen and oxygen atoms in total. The Balaban J connectivity index is 1.66. The Labute approximate surface area is 245 Å². The minimum absolute atomic E-state index is 0.0256. The van der Waals surface area contributed by atoms with Gasteiger partial charge in [0, 0.05) is 23.4 Å². The van der Waals surface area contributed by atoms with Gasteiger partial charge in [-0.05, 0) is 47.4 Å². The second-order valence-electron chi connectivity index (χ2n) is 9.74. The zero-order chi connectivity index (χ0) is 30.5.